The fraction of sp³-hybridized carbons (Fsp3) is 0.522. The van der Waals surface area contributed by atoms with Gasteiger partial charge in [0, 0.05) is 25.6 Å². The Morgan fingerprint density at radius 1 is 1.14 bits per heavy atom. The minimum absolute atomic E-state index is 0.0645. The van der Waals surface area contributed by atoms with Gasteiger partial charge in [-0.3, -0.25) is 18.8 Å². The summed E-state index contributed by atoms with van der Waals surface area (Å²) in [6.45, 7) is 8.69. The molecule has 0 saturated heterocycles. The molecule has 0 amide bonds. The molecule has 2 atom stereocenters. The monoisotopic (exact) mass is 487 g/mol. The molecule has 2 aromatic rings. The van der Waals surface area contributed by atoms with E-state index in [1.165, 1.54) is 18.5 Å². The summed E-state index contributed by atoms with van der Waals surface area (Å²) < 4.78 is 13.7. The number of nitrogens with zero attached hydrogens (tertiary/aromatic N) is 5. The maximum Gasteiger partial charge on any atom is 0.338 e. The summed E-state index contributed by atoms with van der Waals surface area (Å²) in [4.78, 5) is 56.9. The Morgan fingerprint density at radius 2 is 1.80 bits per heavy atom. The second-order valence-electron chi connectivity index (χ2n) is 8.26. The summed E-state index contributed by atoms with van der Waals surface area (Å²) in [7, 11) is 1.39. The van der Waals surface area contributed by atoms with Crippen molar-refractivity contribution in [1.29, 1.82) is 0 Å². The van der Waals surface area contributed by atoms with Crippen LogP contribution in [0.1, 0.15) is 40.3 Å². The summed E-state index contributed by atoms with van der Waals surface area (Å²) in [5, 5.41) is 10.8. The van der Waals surface area contributed by atoms with Crippen LogP contribution in [0.15, 0.2) is 21.7 Å². The molecule has 1 N–H and O–H groups in total. The van der Waals surface area contributed by atoms with E-state index in [-0.39, 0.29) is 23.6 Å². The molecule has 0 bridgehead atoms. The van der Waals surface area contributed by atoms with Crippen molar-refractivity contribution >= 4 is 23.1 Å². The fourth-order valence-corrected chi connectivity index (χ4v) is 3.69. The number of carbonyl (C=O) groups is 2. The maximum absolute atomic E-state index is 13.5. The molecule has 12 nitrogen and oxygen atoms in total. The van der Waals surface area contributed by atoms with Gasteiger partial charge in [-0.2, -0.15) is 4.98 Å². The van der Waals surface area contributed by atoms with E-state index in [4.69, 9.17) is 9.47 Å². The average Bonchev–Trinajstić information content (AvgIpc) is 3.20. The summed E-state index contributed by atoms with van der Waals surface area (Å²) in [6, 6.07) is -0.299. The lowest BCUT2D eigenvalue weighted by molar-refractivity contribution is -0.147. The van der Waals surface area contributed by atoms with Gasteiger partial charge in [-0.15, -0.1) is 0 Å². The first kappa shape index (κ1) is 25.9. The number of carbonyl (C=O) groups excluding carboxylic acids is 2. The van der Waals surface area contributed by atoms with Gasteiger partial charge in [0.15, 0.2) is 17.4 Å². The van der Waals surface area contributed by atoms with Crippen LogP contribution < -0.4 is 16.0 Å². The number of imidazole rings is 1. The first-order valence-electron chi connectivity index (χ1n) is 11.3. The summed E-state index contributed by atoms with van der Waals surface area (Å²) >= 11 is 0. The molecular formula is C23H29N5O7. The maximum atomic E-state index is 13.5. The van der Waals surface area contributed by atoms with Crippen molar-refractivity contribution in [2.24, 2.45) is 7.05 Å². The predicted molar refractivity (Wildman–Crippen MR) is 126 cm³/mol. The van der Waals surface area contributed by atoms with Crippen molar-refractivity contribution in [1.82, 2.24) is 23.6 Å². The standard InChI is InChI=1S/C23H29N5O7/c1-6-15-28-18-19(24-21(28)35-17(30)11-10-16(29)34-15)25(5)22(32)27(20(18)31)14-23(4,33)12-9-13-26(7-2)8-3/h10-11,15,33H,6-8,13-14H2,1-5H3/b11-10+. The minimum Gasteiger partial charge on any atom is -0.438 e. The highest BCUT2D eigenvalue weighted by atomic mass is 16.6. The van der Waals surface area contributed by atoms with Gasteiger partial charge in [-0.05, 0) is 20.0 Å². The number of cyclic esters (lactones) is 1. The average molecular weight is 488 g/mol. The molecule has 3 heterocycles. The van der Waals surface area contributed by atoms with Crippen LogP contribution in [-0.2, 0) is 27.9 Å². The van der Waals surface area contributed by atoms with Crippen molar-refractivity contribution in [3.05, 3.63) is 33.0 Å². The summed E-state index contributed by atoms with van der Waals surface area (Å²) in [5.74, 6) is 3.92. The first-order valence-corrected chi connectivity index (χ1v) is 11.3. The Balaban J connectivity index is 2.16. The number of aryl methyl sites for hydroxylation is 1. The van der Waals surface area contributed by atoms with Crippen LogP contribution in [0.5, 0.6) is 6.01 Å². The zero-order valence-corrected chi connectivity index (χ0v) is 20.4. The molecule has 2 unspecified atom stereocenters. The number of aliphatic hydroxyl groups is 1. The second kappa shape index (κ2) is 10.3. The lowest BCUT2D eigenvalue weighted by atomic mass is 10.1. The molecule has 35 heavy (non-hydrogen) atoms. The molecule has 1 aliphatic heterocycles. The van der Waals surface area contributed by atoms with Crippen LogP contribution in [0.25, 0.3) is 11.2 Å². The van der Waals surface area contributed by atoms with E-state index in [0.717, 1.165) is 34.4 Å². The molecule has 3 rings (SSSR count). The smallest absolute Gasteiger partial charge is 0.338 e. The Morgan fingerprint density at radius 3 is 2.43 bits per heavy atom. The molecule has 12 heteroatoms. The molecule has 0 aromatic carbocycles. The van der Waals surface area contributed by atoms with Gasteiger partial charge in [-0.25, -0.2) is 19.0 Å². The lowest BCUT2D eigenvalue weighted by Crippen LogP contribution is -2.45. The molecule has 0 fully saturated rings. The number of ether oxygens (including phenoxy) is 2. The van der Waals surface area contributed by atoms with E-state index in [0.29, 0.717) is 6.54 Å². The number of aromatic nitrogens is 4. The van der Waals surface area contributed by atoms with Crippen LogP contribution in [0.3, 0.4) is 0 Å². The number of esters is 2. The van der Waals surface area contributed by atoms with Crippen molar-refractivity contribution in [2.45, 2.75) is 52.5 Å². The second-order valence-corrected chi connectivity index (χ2v) is 8.26. The number of fused-ring (bicyclic) bond motifs is 3. The highest BCUT2D eigenvalue weighted by Gasteiger charge is 2.30. The van der Waals surface area contributed by atoms with Crippen LogP contribution in [-0.4, -0.2) is 65.9 Å². The molecule has 2 aromatic heterocycles. The van der Waals surface area contributed by atoms with Gasteiger partial charge in [-0.1, -0.05) is 32.6 Å². The minimum atomic E-state index is -1.69. The van der Waals surface area contributed by atoms with E-state index < -0.39 is 41.6 Å². The Kier molecular flexibility index (Phi) is 7.62. The quantitative estimate of drug-likeness (QED) is 0.438. The molecule has 0 aliphatic carbocycles. The third kappa shape index (κ3) is 5.36. The summed E-state index contributed by atoms with van der Waals surface area (Å²) in [5.41, 5.74) is -3.42. The highest BCUT2D eigenvalue weighted by molar-refractivity contribution is 5.93. The summed E-state index contributed by atoms with van der Waals surface area (Å²) in [6.07, 6.45) is 0.981. The zero-order chi connectivity index (χ0) is 25.9. The Bertz CT molecular complexity index is 1350. The van der Waals surface area contributed by atoms with Crippen molar-refractivity contribution in [3.8, 4) is 17.9 Å². The third-order valence-electron chi connectivity index (χ3n) is 5.60. The van der Waals surface area contributed by atoms with E-state index in [9.17, 15) is 24.3 Å². The van der Waals surface area contributed by atoms with E-state index in [1.807, 2.05) is 13.8 Å². The van der Waals surface area contributed by atoms with E-state index >= 15 is 0 Å². The molecule has 188 valence electrons. The molecule has 0 spiro atoms. The van der Waals surface area contributed by atoms with Gasteiger partial charge < -0.3 is 14.6 Å². The van der Waals surface area contributed by atoms with Gasteiger partial charge in [0.2, 0.25) is 0 Å². The van der Waals surface area contributed by atoms with Gasteiger partial charge in [0.25, 0.3) is 5.56 Å². The van der Waals surface area contributed by atoms with Gasteiger partial charge in [0.1, 0.15) is 5.60 Å². The zero-order valence-electron chi connectivity index (χ0n) is 20.4. The molecular weight excluding hydrogens is 458 g/mol. The van der Waals surface area contributed by atoms with E-state index in [1.54, 1.807) is 6.92 Å². The largest absolute Gasteiger partial charge is 0.438 e. The topological polar surface area (TPSA) is 138 Å². The molecule has 0 saturated carbocycles. The number of hydrogen-bond acceptors (Lipinski definition) is 9. The van der Waals surface area contributed by atoms with Gasteiger partial charge in [0.05, 0.1) is 13.1 Å². The SMILES string of the molecule is CCC1OC(=O)/C=C/C(=O)Oc2nc3c(c(=O)n(CC(C)(O)C#CCN(CC)CC)c(=O)n3C)n21. The van der Waals surface area contributed by atoms with E-state index in [2.05, 4.69) is 21.7 Å². The Labute approximate surface area is 201 Å². The number of rotatable bonds is 6. The van der Waals surface area contributed by atoms with Crippen LogP contribution in [0.2, 0.25) is 0 Å². The predicted octanol–water partition coefficient (Wildman–Crippen LogP) is -0.0801. The lowest BCUT2D eigenvalue weighted by Gasteiger charge is -2.20. The fourth-order valence-electron chi connectivity index (χ4n) is 3.69. The normalized spacial score (nSPS) is 18.4. The van der Waals surface area contributed by atoms with Crippen molar-refractivity contribution in [3.63, 3.8) is 0 Å². The van der Waals surface area contributed by atoms with Crippen LogP contribution in [0, 0.1) is 11.8 Å². The first-order chi connectivity index (χ1) is 16.5. The van der Waals surface area contributed by atoms with Crippen LogP contribution in [0.4, 0.5) is 0 Å². The van der Waals surface area contributed by atoms with Crippen LogP contribution >= 0.6 is 0 Å². The highest BCUT2D eigenvalue weighted by Crippen LogP contribution is 2.27. The van der Waals surface area contributed by atoms with Gasteiger partial charge >= 0.3 is 23.6 Å². The van der Waals surface area contributed by atoms with Crippen molar-refractivity contribution in [2.75, 3.05) is 19.6 Å². The molecule has 1 aliphatic rings. The molecule has 0 radical (unpaired) electrons. The number of hydrogen-bond donors (Lipinski definition) is 1. The Hall–Kier alpha value is -3.69. The third-order valence-corrected chi connectivity index (χ3v) is 5.60. The van der Waals surface area contributed by atoms with Crippen molar-refractivity contribution < 1.29 is 24.2 Å².